The molecule has 3 aromatic carbocycles. The standard InChI is InChI=1S/C36H44N4O5/c1-42-17-7-15-38-23-27(33-10-4-5-11-34(33)38)24-40(28-12-13-28)36(41)35-22-37-14-16-39(35)29-8-6-9-30(20-29)45-25-26-18-31(43-2)21-32(19-26)44-3/h4-6,8-11,18-21,23,28,35,37H,7,12-17,22,24-25H2,1-3H3. The van der Waals surface area contributed by atoms with Gasteiger partial charge in [0.05, 0.1) is 14.2 Å². The smallest absolute Gasteiger partial charge is 0.247 e. The Hall–Kier alpha value is -4.21. The van der Waals surface area contributed by atoms with Gasteiger partial charge in [-0.2, -0.15) is 0 Å². The number of piperazine rings is 1. The summed E-state index contributed by atoms with van der Waals surface area (Å²) < 4.78 is 24.6. The Morgan fingerprint density at radius 1 is 0.956 bits per heavy atom. The van der Waals surface area contributed by atoms with E-state index in [0.717, 1.165) is 74.0 Å². The van der Waals surface area contributed by atoms with Crippen molar-refractivity contribution >= 4 is 22.5 Å². The molecule has 1 saturated heterocycles. The van der Waals surface area contributed by atoms with E-state index in [-0.39, 0.29) is 18.0 Å². The summed E-state index contributed by atoms with van der Waals surface area (Å²) in [5.41, 5.74) is 4.34. The van der Waals surface area contributed by atoms with E-state index in [1.165, 1.54) is 16.5 Å². The highest BCUT2D eigenvalue weighted by molar-refractivity contribution is 5.88. The van der Waals surface area contributed by atoms with Gasteiger partial charge >= 0.3 is 0 Å². The van der Waals surface area contributed by atoms with Gasteiger partial charge in [-0.3, -0.25) is 4.79 Å². The number of para-hydroxylation sites is 1. The number of nitrogens with zero attached hydrogens (tertiary/aromatic N) is 3. The minimum Gasteiger partial charge on any atom is -0.497 e. The molecule has 9 nitrogen and oxygen atoms in total. The van der Waals surface area contributed by atoms with E-state index in [1.54, 1.807) is 21.3 Å². The summed E-state index contributed by atoms with van der Waals surface area (Å²) in [4.78, 5) is 18.8. The van der Waals surface area contributed by atoms with E-state index in [4.69, 9.17) is 18.9 Å². The highest BCUT2D eigenvalue weighted by atomic mass is 16.5. The number of anilines is 1. The van der Waals surface area contributed by atoms with Gasteiger partial charge < -0.3 is 38.6 Å². The summed E-state index contributed by atoms with van der Waals surface area (Å²) in [5, 5.41) is 4.69. The average molecular weight is 613 g/mol. The van der Waals surface area contributed by atoms with Gasteiger partial charge in [-0.15, -0.1) is 0 Å². The number of hydrogen-bond acceptors (Lipinski definition) is 7. The molecule has 1 saturated carbocycles. The normalized spacial score (nSPS) is 16.5. The second-order valence-electron chi connectivity index (χ2n) is 11.8. The number of carbonyl (C=O) groups is 1. The van der Waals surface area contributed by atoms with Crippen LogP contribution in [0.3, 0.4) is 0 Å². The molecule has 6 rings (SSSR count). The van der Waals surface area contributed by atoms with E-state index < -0.39 is 0 Å². The van der Waals surface area contributed by atoms with Gasteiger partial charge in [-0.25, -0.2) is 0 Å². The van der Waals surface area contributed by atoms with Crippen LogP contribution in [0.25, 0.3) is 10.9 Å². The van der Waals surface area contributed by atoms with Crippen LogP contribution >= 0.6 is 0 Å². The molecular formula is C36H44N4O5. The van der Waals surface area contributed by atoms with Gasteiger partial charge in [0, 0.05) is 87.4 Å². The number of benzene rings is 3. The summed E-state index contributed by atoms with van der Waals surface area (Å²) in [6.07, 6.45) is 5.28. The maximum atomic E-state index is 14.4. The molecule has 238 valence electrons. The first-order valence-corrected chi connectivity index (χ1v) is 15.9. The van der Waals surface area contributed by atoms with Crippen LogP contribution in [0.2, 0.25) is 0 Å². The van der Waals surface area contributed by atoms with Gasteiger partial charge in [0.1, 0.15) is 29.9 Å². The first-order chi connectivity index (χ1) is 22.1. The molecule has 1 atom stereocenters. The molecule has 4 aromatic rings. The number of fused-ring (bicyclic) bond motifs is 1. The zero-order chi connectivity index (χ0) is 31.2. The molecule has 1 aliphatic carbocycles. The average Bonchev–Trinajstić information content (AvgIpc) is 3.88. The fourth-order valence-corrected chi connectivity index (χ4v) is 6.26. The molecule has 1 unspecified atom stereocenters. The van der Waals surface area contributed by atoms with Gasteiger partial charge in [-0.05, 0) is 60.7 Å². The summed E-state index contributed by atoms with van der Waals surface area (Å²) in [6, 6.07) is 22.3. The molecule has 9 heteroatoms. The van der Waals surface area contributed by atoms with Crippen molar-refractivity contribution in [2.45, 2.75) is 51.0 Å². The second-order valence-corrected chi connectivity index (χ2v) is 11.8. The molecule has 2 heterocycles. The minimum atomic E-state index is -0.299. The van der Waals surface area contributed by atoms with Crippen LogP contribution in [-0.2, 0) is 29.2 Å². The summed E-state index contributed by atoms with van der Waals surface area (Å²) in [6.45, 7) is 4.75. The van der Waals surface area contributed by atoms with E-state index in [2.05, 4.69) is 56.2 Å². The van der Waals surface area contributed by atoms with Crippen LogP contribution in [0.5, 0.6) is 17.2 Å². The van der Waals surface area contributed by atoms with E-state index in [0.29, 0.717) is 19.7 Å². The molecule has 45 heavy (non-hydrogen) atoms. The number of aryl methyl sites for hydroxylation is 1. The van der Waals surface area contributed by atoms with Crippen LogP contribution in [0.1, 0.15) is 30.4 Å². The fraction of sp³-hybridized carbons (Fsp3) is 0.417. The summed E-state index contributed by atoms with van der Waals surface area (Å²) in [7, 11) is 5.02. The molecule has 1 N–H and O–H groups in total. The Bertz CT molecular complexity index is 1580. The Morgan fingerprint density at radius 3 is 2.51 bits per heavy atom. The molecular weight excluding hydrogens is 568 g/mol. The number of hydrogen-bond donors (Lipinski definition) is 1. The number of aromatic nitrogens is 1. The monoisotopic (exact) mass is 612 g/mol. The van der Waals surface area contributed by atoms with Crippen LogP contribution in [0.15, 0.2) is 72.9 Å². The van der Waals surface area contributed by atoms with Crippen molar-refractivity contribution in [3.05, 3.63) is 84.1 Å². The lowest BCUT2D eigenvalue weighted by Crippen LogP contribution is -2.59. The topological polar surface area (TPSA) is 77.4 Å². The van der Waals surface area contributed by atoms with Gasteiger partial charge in [0.2, 0.25) is 5.91 Å². The number of ether oxygens (including phenoxy) is 4. The Morgan fingerprint density at radius 2 is 1.76 bits per heavy atom. The summed E-state index contributed by atoms with van der Waals surface area (Å²) >= 11 is 0. The zero-order valence-corrected chi connectivity index (χ0v) is 26.5. The third-order valence-corrected chi connectivity index (χ3v) is 8.72. The quantitative estimate of drug-likeness (QED) is 0.195. The van der Waals surface area contributed by atoms with E-state index >= 15 is 0 Å². The molecule has 1 aromatic heterocycles. The van der Waals surface area contributed by atoms with E-state index in [1.807, 2.05) is 36.4 Å². The first-order valence-electron chi connectivity index (χ1n) is 15.9. The number of rotatable bonds is 14. The maximum absolute atomic E-state index is 14.4. The van der Waals surface area contributed by atoms with Crippen molar-refractivity contribution in [3.8, 4) is 17.2 Å². The molecule has 0 bridgehead atoms. The van der Waals surface area contributed by atoms with Crippen molar-refractivity contribution in [1.82, 2.24) is 14.8 Å². The van der Waals surface area contributed by atoms with Crippen LogP contribution in [0, 0.1) is 0 Å². The second kappa shape index (κ2) is 14.3. The van der Waals surface area contributed by atoms with Crippen molar-refractivity contribution in [2.24, 2.45) is 0 Å². The third kappa shape index (κ3) is 7.21. The number of amides is 1. The fourth-order valence-electron chi connectivity index (χ4n) is 6.26. The third-order valence-electron chi connectivity index (χ3n) is 8.72. The Kier molecular flexibility index (Phi) is 9.76. The van der Waals surface area contributed by atoms with Crippen molar-refractivity contribution in [1.29, 1.82) is 0 Å². The van der Waals surface area contributed by atoms with Crippen LogP contribution < -0.4 is 24.4 Å². The number of carbonyl (C=O) groups excluding carboxylic acids is 1. The number of methoxy groups -OCH3 is 3. The zero-order valence-electron chi connectivity index (χ0n) is 26.5. The van der Waals surface area contributed by atoms with Crippen LogP contribution in [-0.4, -0.2) is 75.0 Å². The van der Waals surface area contributed by atoms with Gasteiger partial charge in [-0.1, -0.05) is 24.3 Å². The van der Waals surface area contributed by atoms with Crippen LogP contribution in [0.4, 0.5) is 5.69 Å². The predicted octanol–water partition coefficient (Wildman–Crippen LogP) is 5.24. The molecule has 0 spiro atoms. The van der Waals surface area contributed by atoms with Gasteiger partial charge in [0.15, 0.2) is 0 Å². The Balaban J connectivity index is 1.20. The lowest BCUT2D eigenvalue weighted by atomic mass is 10.1. The Labute approximate surface area is 265 Å². The predicted molar refractivity (Wildman–Crippen MR) is 176 cm³/mol. The minimum absolute atomic E-state index is 0.177. The summed E-state index contributed by atoms with van der Waals surface area (Å²) in [5.74, 6) is 2.37. The lowest BCUT2D eigenvalue weighted by Gasteiger charge is -2.39. The molecule has 0 radical (unpaired) electrons. The maximum Gasteiger partial charge on any atom is 0.247 e. The van der Waals surface area contributed by atoms with Crippen molar-refractivity contribution in [3.63, 3.8) is 0 Å². The van der Waals surface area contributed by atoms with Crippen molar-refractivity contribution < 1.29 is 23.7 Å². The largest absolute Gasteiger partial charge is 0.497 e. The van der Waals surface area contributed by atoms with Crippen molar-refractivity contribution in [2.75, 3.05) is 52.5 Å². The lowest BCUT2D eigenvalue weighted by molar-refractivity contribution is -0.134. The first kappa shape index (κ1) is 30.8. The molecule has 2 fully saturated rings. The molecule has 1 amide bonds. The molecule has 2 aliphatic rings. The number of nitrogens with one attached hydrogen (secondary N) is 1. The van der Waals surface area contributed by atoms with E-state index in [9.17, 15) is 4.79 Å². The SMILES string of the molecule is COCCCn1cc(CN(C(=O)C2CNCCN2c2cccc(OCc3cc(OC)cc(OC)c3)c2)C2CC2)c2ccccc21. The van der Waals surface area contributed by atoms with Gasteiger partial charge in [0.25, 0.3) is 0 Å². The highest BCUT2D eigenvalue weighted by Gasteiger charge is 2.39. The highest BCUT2D eigenvalue weighted by Crippen LogP contribution is 2.33. The molecule has 1 aliphatic heterocycles.